The van der Waals surface area contributed by atoms with Crippen molar-refractivity contribution in [1.29, 1.82) is 0 Å². The molecule has 0 unspecified atom stereocenters. The SMILES string of the molecule is COc1ccccc1Oc1ncnc(NCc2ccco2)c1N. The summed E-state index contributed by atoms with van der Waals surface area (Å²) < 4.78 is 16.2. The number of nitrogens with one attached hydrogen (secondary N) is 1. The van der Waals surface area contributed by atoms with Crippen molar-refractivity contribution in [2.24, 2.45) is 0 Å². The summed E-state index contributed by atoms with van der Waals surface area (Å²) in [4.78, 5) is 8.20. The Morgan fingerprint density at radius 3 is 2.70 bits per heavy atom. The van der Waals surface area contributed by atoms with Crippen LogP contribution in [0.4, 0.5) is 11.5 Å². The van der Waals surface area contributed by atoms with Gasteiger partial charge in [0.25, 0.3) is 0 Å². The van der Waals surface area contributed by atoms with Gasteiger partial charge in [-0.3, -0.25) is 0 Å². The quantitative estimate of drug-likeness (QED) is 0.722. The summed E-state index contributed by atoms with van der Waals surface area (Å²) in [6.07, 6.45) is 2.99. The van der Waals surface area contributed by atoms with Gasteiger partial charge in [0.05, 0.1) is 19.9 Å². The van der Waals surface area contributed by atoms with E-state index in [0.717, 1.165) is 5.76 Å². The van der Waals surface area contributed by atoms with Crippen molar-refractivity contribution in [1.82, 2.24) is 9.97 Å². The van der Waals surface area contributed by atoms with Crippen molar-refractivity contribution in [3.05, 3.63) is 54.7 Å². The van der Waals surface area contributed by atoms with Gasteiger partial charge in [0.2, 0.25) is 5.88 Å². The predicted octanol–water partition coefficient (Wildman–Crippen LogP) is 3.06. The van der Waals surface area contributed by atoms with Crippen LogP contribution in [0, 0.1) is 0 Å². The van der Waals surface area contributed by atoms with Crippen LogP contribution in [-0.2, 0) is 6.54 Å². The van der Waals surface area contributed by atoms with E-state index < -0.39 is 0 Å². The van der Waals surface area contributed by atoms with Gasteiger partial charge in [-0.2, -0.15) is 4.98 Å². The monoisotopic (exact) mass is 312 g/mol. The minimum Gasteiger partial charge on any atom is -0.493 e. The molecule has 1 aromatic carbocycles. The number of aromatic nitrogens is 2. The molecule has 23 heavy (non-hydrogen) atoms. The fourth-order valence-electron chi connectivity index (χ4n) is 1.99. The number of rotatable bonds is 6. The molecule has 0 aliphatic rings. The van der Waals surface area contributed by atoms with Crippen molar-refractivity contribution in [3.8, 4) is 17.4 Å². The van der Waals surface area contributed by atoms with Crippen molar-refractivity contribution in [2.45, 2.75) is 6.54 Å². The van der Waals surface area contributed by atoms with E-state index in [0.29, 0.717) is 29.5 Å². The third kappa shape index (κ3) is 3.34. The van der Waals surface area contributed by atoms with Gasteiger partial charge in [0, 0.05) is 0 Å². The molecule has 7 nitrogen and oxygen atoms in total. The Morgan fingerprint density at radius 2 is 1.96 bits per heavy atom. The molecule has 0 radical (unpaired) electrons. The summed E-state index contributed by atoms with van der Waals surface area (Å²) in [5.74, 6) is 2.62. The van der Waals surface area contributed by atoms with Gasteiger partial charge in [-0.15, -0.1) is 0 Å². The molecule has 3 N–H and O–H groups in total. The molecule has 0 atom stereocenters. The number of methoxy groups -OCH3 is 1. The zero-order chi connectivity index (χ0) is 16.1. The van der Waals surface area contributed by atoms with Gasteiger partial charge in [-0.05, 0) is 24.3 Å². The van der Waals surface area contributed by atoms with E-state index in [1.807, 2.05) is 24.3 Å². The maximum absolute atomic E-state index is 6.08. The van der Waals surface area contributed by atoms with Crippen LogP contribution in [0.5, 0.6) is 17.4 Å². The van der Waals surface area contributed by atoms with E-state index in [9.17, 15) is 0 Å². The van der Waals surface area contributed by atoms with Crippen molar-refractivity contribution in [2.75, 3.05) is 18.2 Å². The summed E-state index contributed by atoms with van der Waals surface area (Å²) in [5, 5.41) is 3.09. The highest BCUT2D eigenvalue weighted by atomic mass is 16.5. The number of nitrogen functional groups attached to an aromatic ring is 1. The van der Waals surface area contributed by atoms with Crippen LogP contribution in [0.25, 0.3) is 0 Å². The van der Waals surface area contributed by atoms with Crippen LogP contribution >= 0.6 is 0 Å². The molecule has 2 aromatic heterocycles. The summed E-state index contributed by atoms with van der Waals surface area (Å²) in [5.41, 5.74) is 6.39. The number of anilines is 2. The fraction of sp³-hybridized carbons (Fsp3) is 0.125. The van der Waals surface area contributed by atoms with Gasteiger partial charge in [0.15, 0.2) is 17.3 Å². The predicted molar refractivity (Wildman–Crippen MR) is 85.5 cm³/mol. The smallest absolute Gasteiger partial charge is 0.248 e. The second-order valence-electron chi connectivity index (χ2n) is 4.63. The number of nitrogens with two attached hydrogens (primary N) is 1. The molecule has 3 aromatic rings. The summed E-state index contributed by atoms with van der Waals surface area (Å²) in [6, 6.07) is 10.9. The molecule has 7 heteroatoms. The van der Waals surface area contributed by atoms with Gasteiger partial charge < -0.3 is 24.9 Å². The molecular weight excluding hydrogens is 296 g/mol. The highest BCUT2D eigenvalue weighted by Gasteiger charge is 2.12. The fourth-order valence-corrected chi connectivity index (χ4v) is 1.99. The Morgan fingerprint density at radius 1 is 1.13 bits per heavy atom. The topological polar surface area (TPSA) is 95.4 Å². The first-order valence-corrected chi connectivity index (χ1v) is 6.95. The van der Waals surface area contributed by atoms with E-state index in [1.54, 1.807) is 25.5 Å². The third-order valence-corrected chi connectivity index (χ3v) is 3.13. The molecule has 0 bridgehead atoms. The highest BCUT2D eigenvalue weighted by molar-refractivity contribution is 5.67. The Kier molecular flexibility index (Phi) is 4.28. The summed E-state index contributed by atoms with van der Waals surface area (Å²) in [7, 11) is 1.57. The Hall–Kier alpha value is -3.22. The zero-order valence-electron chi connectivity index (χ0n) is 12.5. The zero-order valence-corrected chi connectivity index (χ0v) is 12.5. The number of ether oxygens (including phenoxy) is 2. The number of para-hydroxylation sites is 2. The Bertz CT molecular complexity index is 775. The van der Waals surface area contributed by atoms with E-state index in [4.69, 9.17) is 19.6 Å². The summed E-state index contributed by atoms with van der Waals surface area (Å²) >= 11 is 0. The molecule has 0 aliphatic carbocycles. The van der Waals surface area contributed by atoms with Crippen LogP contribution < -0.4 is 20.5 Å². The number of furan rings is 1. The van der Waals surface area contributed by atoms with Gasteiger partial charge in [-0.1, -0.05) is 12.1 Å². The highest BCUT2D eigenvalue weighted by Crippen LogP contribution is 2.34. The third-order valence-electron chi connectivity index (χ3n) is 3.13. The Balaban J connectivity index is 1.79. The number of benzene rings is 1. The number of hydrogen-bond donors (Lipinski definition) is 2. The normalized spacial score (nSPS) is 10.3. The molecule has 0 saturated carbocycles. The first-order valence-electron chi connectivity index (χ1n) is 6.95. The minimum atomic E-state index is 0.256. The van der Waals surface area contributed by atoms with Crippen molar-refractivity contribution < 1.29 is 13.9 Å². The summed E-state index contributed by atoms with van der Waals surface area (Å²) in [6.45, 7) is 0.461. The van der Waals surface area contributed by atoms with E-state index in [2.05, 4.69) is 15.3 Å². The molecule has 0 fully saturated rings. The van der Waals surface area contributed by atoms with E-state index >= 15 is 0 Å². The molecule has 3 rings (SSSR count). The second-order valence-corrected chi connectivity index (χ2v) is 4.63. The lowest BCUT2D eigenvalue weighted by Crippen LogP contribution is -2.06. The van der Waals surface area contributed by atoms with Crippen LogP contribution in [0.15, 0.2) is 53.4 Å². The standard InChI is InChI=1S/C16H16N4O3/c1-21-12-6-2-3-7-13(12)23-16-14(17)15(19-10-20-16)18-9-11-5-4-8-22-11/h2-8,10H,9,17H2,1H3,(H,18,19,20). The molecule has 118 valence electrons. The van der Waals surface area contributed by atoms with Crippen LogP contribution in [-0.4, -0.2) is 17.1 Å². The van der Waals surface area contributed by atoms with Crippen LogP contribution in [0.3, 0.4) is 0 Å². The number of nitrogens with zero attached hydrogens (tertiary/aromatic N) is 2. The maximum Gasteiger partial charge on any atom is 0.248 e. The number of hydrogen-bond acceptors (Lipinski definition) is 7. The molecule has 0 aliphatic heterocycles. The largest absolute Gasteiger partial charge is 0.493 e. The second kappa shape index (κ2) is 6.69. The molecule has 0 spiro atoms. The average Bonchev–Trinajstić information content (AvgIpc) is 3.09. The van der Waals surface area contributed by atoms with Crippen LogP contribution in [0.2, 0.25) is 0 Å². The molecule has 0 saturated heterocycles. The van der Waals surface area contributed by atoms with Crippen molar-refractivity contribution in [3.63, 3.8) is 0 Å². The average molecular weight is 312 g/mol. The van der Waals surface area contributed by atoms with Gasteiger partial charge in [-0.25, -0.2) is 4.98 Å². The van der Waals surface area contributed by atoms with Crippen molar-refractivity contribution >= 4 is 11.5 Å². The first kappa shape index (κ1) is 14.7. The first-order chi connectivity index (χ1) is 11.3. The molecular formula is C16H16N4O3. The lowest BCUT2D eigenvalue weighted by molar-refractivity contribution is 0.374. The lowest BCUT2D eigenvalue weighted by atomic mass is 10.3. The van der Waals surface area contributed by atoms with Crippen LogP contribution in [0.1, 0.15) is 5.76 Å². The lowest BCUT2D eigenvalue weighted by Gasteiger charge is -2.12. The van der Waals surface area contributed by atoms with E-state index in [-0.39, 0.29) is 5.88 Å². The molecule has 0 amide bonds. The van der Waals surface area contributed by atoms with Gasteiger partial charge in [0.1, 0.15) is 17.8 Å². The Labute approximate surface area is 133 Å². The minimum absolute atomic E-state index is 0.256. The van der Waals surface area contributed by atoms with Gasteiger partial charge >= 0.3 is 0 Å². The van der Waals surface area contributed by atoms with E-state index in [1.165, 1.54) is 6.33 Å². The maximum atomic E-state index is 6.08. The molecule has 2 heterocycles.